The van der Waals surface area contributed by atoms with Crippen molar-refractivity contribution in [3.05, 3.63) is 48.0 Å². The topological polar surface area (TPSA) is 137 Å². The Bertz CT molecular complexity index is 988. The zero-order valence-corrected chi connectivity index (χ0v) is 20.1. The highest BCUT2D eigenvalue weighted by atomic mass is 16.5. The molecule has 34 heavy (non-hydrogen) atoms. The number of carbonyl (C=O) groups excluding carboxylic acids is 3. The van der Waals surface area contributed by atoms with Gasteiger partial charge in [0.2, 0.25) is 11.8 Å². The molecule has 0 fully saturated rings. The number of fused-ring (bicyclic) bond motifs is 1. The Balaban J connectivity index is 2.43. The second kappa shape index (κ2) is 12.5. The average Bonchev–Trinajstić information content (AvgIpc) is 2.82. The van der Waals surface area contributed by atoms with E-state index >= 15 is 0 Å². The molecule has 0 unspecified atom stereocenters. The van der Waals surface area contributed by atoms with E-state index in [0.717, 1.165) is 16.3 Å². The fraction of sp³-hybridized carbons (Fsp3) is 0.480. The van der Waals surface area contributed by atoms with Crippen LogP contribution in [0.5, 0.6) is 0 Å². The van der Waals surface area contributed by atoms with Crippen molar-refractivity contribution in [3.63, 3.8) is 0 Å². The number of aliphatic hydroxyl groups is 1. The van der Waals surface area contributed by atoms with Crippen LogP contribution in [0.25, 0.3) is 10.8 Å². The van der Waals surface area contributed by atoms with Gasteiger partial charge in [0, 0.05) is 20.3 Å². The van der Waals surface area contributed by atoms with Gasteiger partial charge in [-0.25, -0.2) is 5.48 Å². The van der Waals surface area contributed by atoms with Gasteiger partial charge < -0.3 is 20.5 Å². The zero-order valence-electron chi connectivity index (χ0n) is 20.1. The summed E-state index contributed by atoms with van der Waals surface area (Å²) >= 11 is 0. The van der Waals surface area contributed by atoms with E-state index < -0.39 is 35.3 Å². The highest BCUT2D eigenvalue weighted by Gasteiger charge is 2.39. The lowest BCUT2D eigenvalue weighted by molar-refractivity contribution is -0.151. The maximum atomic E-state index is 13.5. The number of hydrogen-bond acceptors (Lipinski definition) is 6. The monoisotopic (exact) mass is 473 g/mol. The van der Waals surface area contributed by atoms with Crippen LogP contribution in [-0.2, 0) is 25.5 Å². The van der Waals surface area contributed by atoms with E-state index in [9.17, 15) is 19.6 Å². The molecule has 0 saturated heterocycles. The summed E-state index contributed by atoms with van der Waals surface area (Å²) < 4.78 is 5.64. The van der Waals surface area contributed by atoms with Gasteiger partial charge in [0.1, 0.15) is 12.1 Å². The van der Waals surface area contributed by atoms with Crippen LogP contribution in [0.15, 0.2) is 42.5 Å². The molecule has 0 saturated carbocycles. The maximum absolute atomic E-state index is 13.5. The molecule has 2 aromatic rings. The third kappa shape index (κ3) is 7.24. The van der Waals surface area contributed by atoms with Crippen molar-refractivity contribution in [1.82, 2.24) is 16.1 Å². The first-order chi connectivity index (χ1) is 16.1. The first kappa shape index (κ1) is 27.2. The van der Waals surface area contributed by atoms with Gasteiger partial charge in [-0.1, -0.05) is 63.2 Å². The summed E-state index contributed by atoms with van der Waals surface area (Å²) in [5.74, 6) is -2.86. The summed E-state index contributed by atoms with van der Waals surface area (Å²) in [6, 6.07) is 12.6. The van der Waals surface area contributed by atoms with E-state index in [-0.39, 0.29) is 32.0 Å². The predicted octanol–water partition coefficient (Wildman–Crippen LogP) is 1.55. The summed E-state index contributed by atoms with van der Waals surface area (Å²) in [7, 11) is 1.49. The number of likely N-dealkylation sites (N-methyl/N-ethyl adjacent to an activating group) is 1. The Hall–Kier alpha value is -3.01. The molecule has 0 radical (unpaired) electrons. The van der Waals surface area contributed by atoms with Crippen LogP contribution in [0.2, 0.25) is 0 Å². The molecule has 0 spiro atoms. The van der Waals surface area contributed by atoms with E-state index in [1.54, 1.807) is 5.48 Å². The normalized spacial score (nSPS) is 14.2. The maximum Gasteiger partial charge on any atom is 0.273 e. The summed E-state index contributed by atoms with van der Waals surface area (Å²) in [6.07, 6.45) is -0.964. The molecule has 2 aromatic carbocycles. The Kier molecular flexibility index (Phi) is 9.97. The standard InChI is InChI=1S/C25H35N3O6/c1-25(2,3)21(24(32)26-4)27-22(30)19(20(23(31)28-33)34-13-7-12-29)15-16-10-11-17-8-5-6-9-18(17)14-16/h5-6,8-11,14,19-21,29,33H,7,12-13,15H2,1-4H3,(H,26,32)(H,27,30)(H,28,31)/t19-,20+,21-/m1/s1. The lowest BCUT2D eigenvalue weighted by Crippen LogP contribution is -2.56. The zero-order chi connectivity index (χ0) is 25.3. The minimum atomic E-state index is -1.34. The molecule has 0 aliphatic rings. The minimum absolute atomic E-state index is 0.00817. The van der Waals surface area contributed by atoms with Crippen LogP contribution in [0.3, 0.4) is 0 Å². The van der Waals surface area contributed by atoms with Crippen LogP contribution in [0.4, 0.5) is 0 Å². The van der Waals surface area contributed by atoms with E-state index in [1.165, 1.54) is 7.05 Å². The number of carbonyl (C=O) groups is 3. The van der Waals surface area contributed by atoms with Gasteiger partial charge in [-0.05, 0) is 34.6 Å². The molecule has 0 bridgehead atoms. The molecular weight excluding hydrogens is 438 g/mol. The van der Waals surface area contributed by atoms with Crippen molar-refractivity contribution in [3.8, 4) is 0 Å². The molecule has 5 N–H and O–H groups in total. The Morgan fingerprint density at radius 1 is 1.00 bits per heavy atom. The number of hydroxylamine groups is 1. The van der Waals surface area contributed by atoms with Crippen molar-refractivity contribution >= 4 is 28.5 Å². The van der Waals surface area contributed by atoms with Crippen molar-refractivity contribution in [2.75, 3.05) is 20.3 Å². The highest BCUT2D eigenvalue weighted by molar-refractivity contribution is 5.93. The molecule has 3 atom stereocenters. The predicted molar refractivity (Wildman–Crippen MR) is 128 cm³/mol. The molecule has 2 rings (SSSR count). The van der Waals surface area contributed by atoms with Crippen LogP contribution in [0.1, 0.15) is 32.8 Å². The van der Waals surface area contributed by atoms with Gasteiger partial charge in [-0.15, -0.1) is 0 Å². The van der Waals surface area contributed by atoms with Gasteiger partial charge >= 0.3 is 0 Å². The second-order valence-electron chi connectivity index (χ2n) is 9.26. The van der Waals surface area contributed by atoms with E-state index in [4.69, 9.17) is 9.84 Å². The SMILES string of the molecule is CNC(=O)[C@@H](NC(=O)[C@H](Cc1ccc2ccccc2c1)[C@H](OCCCO)C(=O)NO)C(C)(C)C. The molecule has 0 aliphatic heterocycles. The lowest BCUT2D eigenvalue weighted by atomic mass is 9.84. The van der Waals surface area contributed by atoms with Crippen LogP contribution in [0, 0.1) is 11.3 Å². The van der Waals surface area contributed by atoms with Gasteiger partial charge in [0.25, 0.3) is 5.91 Å². The van der Waals surface area contributed by atoms with E-state index in [2.05, 4.69) is 10.6 Å². The summed E-state index contributed by atoms with van der Waals surface area (Å²) in [4.78, 5) is 38.5. The van der Waals surface area contributed by atoms with Crippen LogP contribution < -0.4 is 16.1 Å². The third-order valence-corrected chi connectivity index (χ3v) is 5.60. The van der Waals surface area contributed by atoms with Gasteiger partial charge in [0.05, 0.1) is 5.92 Å². The van der Waals surface area contributed by atoms with Crippen LogP contribution >= 0.6 is 0 Å². The van der Waals surface area contributed by atoms with Gasteiger partial charge in [-0.3, -0.25) is 19.6 Å². The molecule has 0 aromatic heterocycles. The second-order valence-corrected chi connectivity index (χ2v) is 9.26. The number of nitrogens with one attached hydrogen (secondary N) is 3. The molecule has 9 nitrogen and oxygen atoms in total. The molecule has 186 valence electrons. The van der Waals surface area contributed by atoms with Gasteiger partial charge in [-0.2, -0.15) is 0 Å². The molecule has 0 aliphatic carbocycles. The Labute approximate surface area is 199 Å². The average molecular weight is 474 g/mol. The fourth-order valence-corrected chi connectivity index (χ4v) is 3.74. The first-order valence-corrected chi connectivity index (χ1v) is 11.3. The number of benzene rings is 2. The van der Waals surface area contributed by atoms with Crippen molar-refractivity contribution in [1.29, 1.82) is 0 Å². The largest absolute Gasteiger partial charge is 0.396 e. The summed E-state index contributed by atoms with van der Waals surface area (Å²) in [5.41, 5.74) is 1.76. The minimum Gasteiger partial charge on any atom is -0.396 e. The quantitative estimate of drug-likeness (QED) is 0.191. The van der Waals surface area contributed by atoms with Crippen molar-refractivity contribution < 1.29 is 29.4 Å². The number of ether oxygens (including phenoxy) is 1. The number of amides is 3. The Morgan fingerprint density at radius 2 is 1.68 bits per heavy atom. The van der Waals surface area contributed by atoms with E-state index in [0.29, 0.717) is 0 Å². The third-order valence-electron chi connectivity index (χ3n) is 5.60. The van der Waals surface area contributed by atoms with E-state index in [1.807, 2.05) is 63.2 Å². The summed E-state index contributed by atoms with van der Waals surface area (Å²) in [6.45, 7) is 5.32. The smallest absolute Gasteiger partial charge is 0.273 e. The lowest BCUT2D eigenvalue weighted by Gasteiger charge is -2.32. The van der Waals surface area contributed by atoms with Crippen LogP contribution in [-0.4, -0.2) is 60.4 Å². The van der Waals surface area contributed by atoms with Crippen molar-refractivity contribution in [2.45, 2.75) is 45.8 Å². The number of hydrogen-bond donors (Lipinski definition) is 5. The van der Waals surface area contributed by atoms with Gasteiger partial charge in [0.15, 0.2) is 0 Å². The fourth-order valence-electron chi connectivity index (χ4n) is 3.74. The summed E-state index contributed by atoms with van der Waals surface area (Å²) in [5, 5.41) is 25.8. The van der Waals surface area contributed by atoms with Crippen molar-refractivity contribution in [2.24, 2.45) is 11.3 Å². The highest BCUT2D eigenvalue weighted by Crippen LogP contribution is 2.24. The Morgan fingerprint density at radius 3 is 2.26 bits per heavy atom. The first-order valence-electron chi connectivity index (χ1n) is 11.3. The molecule has 0 heterocycles. The molecule has 9 heteroatoms. The number of aliphatic hydroxyl groups excluding tert-OH is 1. The number of rotatable bonds is 11. The molecule has 3 amide bonds. The molecular formula is C25H35N3O6.